The van der Waals surface area contributed by atoms with E-state index in [1.54, 1.807) is 0 Å². The van der Waals surface area contributed by atoms with Crippen LogP contribution in [0.5, 0.6) is 0 Å². The molecule has 0 N–H and O–H groups in total. The molecule has 1 aliphatic heterocycles. The van der Waals surface area contributed by atoms with Crippen LogP contribution in [-0.4, -0.2) is 49.7 Å². The average molecular weight is 446 g/mol. The first-order chi connectivity index (χ1) is 15.0. The van der Waals surface area contributed by atoms with Gasteiger partial charge in [0, 0.05) is 43.9 Å². The number of Topliss-reactive ketones (excluding diaryl/α,β-unsaturated/α-hetero) is 1. The van der Waals surface area contributed by atoms with Crippen LogP contribution in [-0.2, 0) is 4.79 Å². The van der Waals surface area contributed by atoms with Crippen LogP contribution in [0.1, 0.15) is 72.1 Å². The highest BCUT2D eigenvalue weighted by Crippen LogP contribution is 2.28. The van der Waals surface area contributed by atoms with E-state index in [2.05, 4.69) is 54.2 Å². The van der Waals surface area contributed by atoms with Gasteiger partial charge in [0.2, 0.25) is 0 Å². The number of carbonyl (C=O) groups excluding carboxylic acids is 1. The lowest BCUT2D eigenvalue weighted by molar-refractivity contribution is -0.117. The van der Waals surface area contributed by atoms with Crippen molar-refractivity contribution in [1.29, 1.82) is 5.26 Å². The summed E-state index contributed by atoms with van der Waals surface area (Å²) in [7, 11) is 0. The molecule has 0 spiro atoms. The number of anilines is 1. The van der Waals surface area contributed by atoms with E-state index in [1.165, 1.54) is 69.2 Å². The van der Waals surface area contributed by atoms with Crippen LogP contribution in [0.25, 0.3) is 0 Å². The van der Waals surface area contributed by atoms with Crippen molar-refractivity contribution in [2.45, 2.75) is 77.0 Å². The van der Waals surface area contributed by atoms with Gasteiger partial charge >= 0.3 is 0 Å². The molecule has 31 heavy (non-hydrogen) atoms. The van der Waals surface area contributed by atoms with E-state index in [-0.39, 0.29) is 5.78 Å². The zero-order valence-electron chi connectivity index (χ0n) is 20.2. The lowest BCUT2D eigenvalue weighted by Gasteiger charge is -2.36. The molecule has 0 bridgehead atoms. The number of nitriles is 1. The Morgan fingerprint density at radius 1 is 1.13 bits per heavy atom. The zero-order valence-corrected chi connectivity index (χ0v) is 21.1. The number of carbonyl (C=O) groups is 1. The van der Waals surface area contributed by atoms with Gasteiger partial charge in [-0.2, -0.15) is 5.26 Å². The maximum Gasteiger partial charge on any atom is 0.129 e. The smallest absolute Gasteiger partial charge is 0.129 e. The minimum absolute atomic E-state index is 0.167. The molecule has 2 aliphatic rings. The molecule has 1 aliphatic carbocycles. The van der Waals surface area contributed by atoms with Crippen molar-refractivity contribution in [2.75, 3.05) is 43.9 Å². The van der Waals surface area contributed by atoms with Gasteiger partial charge in [0.1, 0.15) is 5.78 Å². The summed E-state index contributed by atoms with van der Waals surface area (Å²) in [4.78, 5) is 16.6. The van der Waals surface area contributed by atoms with Gasteiger partial charge in [0.15, 0.2) is 0 Å². The molecule has 0 amide bonds. The highest BCUT2D eigenvalue weighted by molar-refractivity contribution is 7.98. The van der Waals surface area contributed by atoms with E-state index in [4.69, 9.17) is 5.26 Å². The fraction of sp³-hybridized carbons (Fsp3) is 0.692. The third-order valence-corrected chi connectivity index (χ3v) is 6.74. The molecule has 1 saturated heterocycles. The van der Waals surface area contributed by atoms with Crippen molar-refractivity contribution in [3.63, 3.8) is 0 Å². The van der Waals surface area contributed by atoms with Crippen LogP contribution in [0.3, 0.4) is 0 Å². The minimum atomic E-state index is 0.167. The number of nitrogens with zero attached hydrogens (tertiary/aromatic N) is 3. The van der Waals surface area contributed by atoms with Gasteiger partial charge in [-0.15, -0.1) is 11.8 Å². The molecule has 4 nitrogen and oxygen atoms in total. The summed E-state index contributed by atoms with van der Waals surface area (Å²) < 4.78 is 0. The Morgan fingerprint density at radius 2 is 1.77 bits per heavy atom. The van der Waals surface area contributed by atoms with Crippen LogP contribution in [0.2, 0.25) is 0 Å². The topological polar surface area (TPSA) is 47.3 Å². The number of piperazine rings is 1. The monoisotopic (exact) mass is 445 g/mol. The Bertz CT molecular complexity index is 644. The molecule has 1 aromatic rings. The maximum atomic E-state index is 10.2. The van der Waals surface area contributed by atoms with Crippen LogP contribution in [0.4, 0.5) is 5.69 Å². The lowest BCUT2D eigenvalue weighted by Crippen LogP contribution is -2.46. The van der Waals surface area contributed by atoms with Gasteiger partial charge in [-0.1, -0.05) is 58.1 Å². The predicted octanol–water partition coefficient (Wildman–Crippen LogP) is 6.41. The SMILES string of the molecule is CC(=O)CCCC#N.CC1CCCCC1.CCN1CCN(c2ccccc2SC)CC1. The van der Waals surface area contributed by atoms with E-state index in [0.29, 0.717) is 19.3 Å². The lowest BCUT2D eigenvalue weighted by atomic mass is 9.91. The van der Waals surface area contributed by atoms with Crippen molar-refractivity contribution in [3.05, 3.63) is 24.3 Å². The number of benzene rings is 1. The van der Waals surface area contributed by atoms with Crippen molar-refractivity contribution < 1.29 is 4.79 Å². The second-order valence-corrected chi connectivity index (χ2v) is 9.40. The molecule has 3 rings (SSSR count). The van der Waals surface area contributed by atoms with Crippen molar-refractivity contribution in [1.82, 2.24) is 4.90 Å². The van der Waals surface area contributed by atoms with Gasteiger partial charge < -0.3 is 14.6 Å². The highest BCUT2D eigenvalue weighted by atomic mass is 32.2. The zero-order chi connectivity index (χ0) is 22.9. The van der Waals surface area contributed by atoms with Gasteiger partial charge in [-0.25, -0.2) is 0 Å². The summed E-state index contributed by atoms with van der Waals surface area (Å²) in [6.45, 7) is 12.0. The van der Waals surface area contributed by atoms with Crippen LogP contribution in [0.15, 0.2) is 29.2 Å². The third kappa shape index (κ3) is 12.2. The molecular formula is C26H43N3OS. The molecule has 5 heteroatoms. The van der Waals surface area contributed by atoms with Crippen molar-refractivity contribution in [3.8, 4) is 6.07 Å². The van der Waals surface area contributed by atoms with Crippen LogP contribution >= 0.6 is 11.8 Å². The number of hydrogen-bond donors (Lipinski definition) is 0. The third-order valence-electron chi connectivity index (χ3n) is 5.96. The Labute approximate surface area is 195 Å². The van der Waals surface area contributed by atoms with Gasteiger partial charge in [-0.05, 0) is 44.2 Å². The van der Waals surface area contributed by atoms with E-state index < -0.39 is 0 Å². The summed E-state index contributed by atoms with van der Waals surface area (Å²) in [6.07, 6.45) is 11.4. The summed E-state index contributed by atoms with van der Waals surface area (Å²) >= 11 is 1.84. The standard InChI is InChI=1S/C13H20N2S.C7H14.C6H9NO/c1-3-14-8-10-15(11-9-14)12-6-4-5-7-13(12)16-2;1-7-5-3-2-4-6-7;1-6(8)4-2-3-5-7/h4-7H,3,8-11H2,1-2H3;7H,2-6H2,1H3;2-4H2,1H3. The summed E-state index contributed by atoms with van der Waals surface area (Å²) in [5.41, 5.74) is 1.41. The van der Waals surface area contributed by atoms with Crippen LogP contribution < -0.4 is 4.90 Å². The molecular weight excluding hydrogens is 402 g/mol. The first-order valence-corrected chi connectivity index (χ1v) is 13.2. The fourth-order valence-corrected chi connectivity index (χ4v) is 4.54. The molecule has 1 aromatic carbocycles. The maximum absolute atomic E-state index is 10.2. The summed E-state index contributed by atoms with van der Waals surface area (Å²) in [5.74, 6) is 1.20. The molecule has 2 fully saturated rings. The molecule has 0 aromatic heterocycles. The Kier molecular flexibility index (Phi) is 15.2. The second-order valence-electron chi connectivity index (χ2n) is 8.55. The van der Waals surface area contributed by atoms with Gasteiger partial charge in [-0.3, -0.25) is 0 Å². The predicted molar refractivity (Wildman–Crippen MR) is 135 cm³/mol. The minimum Gasteiger partial charge on any atom is -0.368 e. The quantitative estimate of drug-likeness (QED) is 0.374. The first kappa shape index (κ1) is 27.5. The Morgan fingerprint density at radius 3 is 2.26 bits per heavy atom. The Hall–Kier alpha value is -1.51. The largest absolute Gasteiger partial charge is 0.368 e. The van der Waals surface area contributed by atoms with Gasteiger partial charge in [0.05, 0.1) is 11.8 Å². The molecule has 0 atom stereocenters. The van der Waals surface area contributed by atoms with E-state index in [9.17, 15) is 4.79 Å². The molecule has 1 heterocycles. The van der Waals surface area contributed by atoms with E-state index >= 15 is 0 Å². The van der Waals surface area contributed by atoms with E-state index in [0.717, 1.165) is 19.0 Å². The number of unbranched alkanes of at least 4 members (excludes halogenated alkanes) is 1. The van der Waals surface area contributed by atoms with Crippen molar-refractivity contribution >= 4 is 23.2 Å². The number of likely N-dealkylation sites (N-methyl/N-ethyl adjacent to an activating group) is 1. The number of para-hydroxylation sites is 1. The van der Waals surface area contributed by atoms with Crippen molar-refractivity contribution in [2.24, 2.45) is 5.92 Å². The highest BCUT2D eigenvalue weighted by Gasteiger charge is 2.17. The van der Waals surface area contributed by atoms with Crippen LogP contribution in [0, 0.1) is 17.2 Å². The van der Waals surface area contributed by atoms with Gasteiger partial charge in [0.25, 0.3) is 0 Å². The molecule has 1 saturated carbocycles. The first-order valence-electron chi connectivity index (χ1n) is 12.0. The summed E-state index contributed by atoms with van der Waals surface area (Å²) in [6, 6.07) is 10.7. The molecule has 0 radical (unpaired) electrons. The number of rotatable bonds is 6. The fourth-order valence-electron chi connectivity index (χ4n) is 3.92. The number of thioether (sulfide) groups is 1. The average Bonchev–Trinajstić information content (AvgIpc) is 2.80. The Balaban J connectivity index is 0.000000268. The normalized spacial score (nSPS) is 16.9. The molecule has 0 unspecified atom stereocenters. The molecule has 174 valence electrons. The number of hydrogen-bond acceptors (Lipinski definition) is 5. The second kappa shape index (κ2) is 17.1. The summed E-state index contributed by atoms with van der Waals surface area (Å²) in [5, 5.41) is 8.02. The van der Waals surface area contributed by atoms with E-state index in [1.807, 2.05) is 17.8 Å². The number of ketones is 1.